The van der Waals surface area contributed by atoms with Crippen LogP contribution in [0.4, 0.5) is 4.39 Å². The van der Waals surface area contributed by atoms with Crippen LogP contribution in [0.3, 0.4) is 0 Å². The second kappa shape index (κ2) is 3.40. The summed E-state index contributed by atoms with van der Waals surface area (Å²) in [7, 11) is 1.40. The van der Waals surface area contributed by atoms with Gasteiger partial charge in [-0.25, -0.2) is 4.39 Å². The molecule has 12 heavy (non-hydrogen) atoms. The van der Waals surface area contributed by atoms with Crippen LogP contribution in [0.2, 0.25) is 0 Å². The van der Waals surface area contributed by atoms with Crippen molar-refractivity contribution in [2.75, 3.05) is 7.11 Å². The first-order chi connectivity index (χ1) is 5.69. The number of benzene rings is 1. The van der Waals surface area contributed by atoms with E-state index < -0.39 is 5.82 Å². The van der Waals surface area contributed by atoms with Gasteiger partial charge in [-0.2, -0.15) is 0 Å². The van der Waals surface area contributed by atoms with Crippen LogP contribution in [0.1, 0.15) is 5.56 Å². The molecular weight excluding hydrogens is 161 g/mol. The number of phenols is 1. The highest BCUT2D eigenvalue weighted by molar-refractivity contribution is 5.42. The molecule has 1 aromatic carbocycles. The monoisotopic (exact) mass is 171 g/mol. The molecule has 0 bridgehead atoms. The van der Waals surface area contributed by atoms with Crippen molar-refractivity contribution < 1.29 is 14.2 Å². The summed E-state index contributed by atoms with van der Waals surface area (Å²) >= 11 is 0. The van der Waals surface area contributed by atoms with Crippen LogP contribution in [0.25, 0.3) is 0 Å². The number of nitrogens with two attached hydrogens (primary N) is 1. The summed E-state index contributed by atoms with van der Waals surface area (Å²) in [6.07, 6.45) is 0. The number of phenolic OH excluding ortho intramolecular Hbond substituents is 1. The molecule has 0 spiro atoms. The Morgan fingerprint density at radius 1 is 1.58 bits per heavy atom. The van der Waals surface area contributed by atoms with Crippen molar-refractivity contribution in [3.05, 3.63) is 23.5 Å². The number of ether oxygens (including phenoxy) is 1. The molecule has 0 aliphatic rings. The molecule has 0 saturated heterocycles. The number of hydrogen-bond donors (Lipinski definition) is 2. The van der Waals surface area contributed by atoms with E-state index in [2.05, 4.69) is 0 Å². The fraction of sp³-hybridized carbons (Fsp3) is 0.250. The van der Waals surface area contributed by atoms with E-state index in [1.165, 1.54) is 13.2 Å². The topological polar surface area (TPSA) is 55.5 Å². The van der Waals surface area contributed by atoms with Crippen molar-refractivity contribution in [2.24, 2.45) is 5.73 Å². The summed E-state index contributed by atoms with van der Waals surface area (Å²) in [5, 5.41) is 9.11. The Bertz CT molecular complexity index is 263. The number of methoxy groups -OCH3 is 1. The van der Waals surface area contributed by atoms with Crippen molar-refractivity contribution >= 4 is 0 Å². The van der Waals surface area contributed by atoms with Crippen molar-refractivity contribution in [2.45, 2.75) is 6.54 Å². The van der Waals surface area contributed by atoms with Crippen LogP contribution in [0.5, 0.6) is 11.5 Å². The van der Waals surface area contributed by atoms with Gasteiger partial charge in [-0.15, -0.1) is 0 Å². The lowest BCUT2D eigenvalue weighted by Gasteiger charge is -2.05. The van der Waals surface area contributed by atoms with E-state index in [-0.39, 0.29) is 18.0 Å². The fourth-order valence-corrected chi connectivity index (χ4v) is 0.905. The Hall–Kier alpha value is -1.29. The standard InChI is InChI=1S/C8H10FNO2/c1-12-8-2-5(4-10)6(9)3-7(8)11/h2-3,11H,4,10H2,1H3. The van der Waals surface area contributed by atoms with Gasteiger partial charge in [0, 0.05) is 18.2 Å². The molecule has 3 nitrogen and oxygen atoms in total. The van der Waals surface area contributed by atoms with E-state index in [1.807, 2.05) is 0 Å². The lowest BCUT2D eigenvalue weighted by Crippen LogP contribution is -2.00. The van der Waals surface area contributed by atoms with Crippen LogP contribution in [0, 0.1) is 5.82 Å². The molecule has 3 N–H and O–H groups in total. The smallest absolute Gasteiger partial charge is 0.161 e. The highest BCUT2D eigenvalue weighted by atomic mass is 19.1. The average molecular weight is 171 g/mol. The minimum absolute atomic E-state index is 0.0858. The zero-order valence-electron chi connectivity index (χ0n) is 6.67. The second-order valence-corrected chi connectivity index (χ2v) is 2.32. The maximum Gasteiger partial charge on any atom is 0.161 e. The average Bonchev–Trinajstić information content (AvgIpc) is 2.05. The molecule has 0 aromatic heterocycles. The third kappa shape index (κ3) is 1.48. The Morgan fingerprint density at radius 2 is 2.25 bits per heavy atom. The third-order valence-corrected chi connectivity index (χ3v) is 1.57. The van der Waals surface area contributed by atoms with Gasteiger partial charge in [0.2, 0.25) is 0 Å². The summed E-state index contributed by atoms with van der Waals surface area (Å²) in [5.74, 6) is -0.500. The van der Waals surface area contributed by atoms with Crippen LogP contribution < -0.4 is 10.5 Å². The van der Waals surface area contributed by atoms with E-state index in [0.29, 0.717) is 5.56 Å². The van der Waals surface area contributed by atoms with Gasteiger partial charge < -0.3 is 15.6 Å². The first kappa shape index (κ1) is 8.80. The highest BCUT2D eigenvalue weighted by Gasteiger charge is 2.07. The molecule has 0 saturated carbocycles. The SMILES string of the molecule is COc1cc(CN)c(F)cc1O. The number of aromatic hydroxyl groups is 1. The van der Waals surface area contributed by atoms with Crippen LogP contribution in [-0.4, -0.2) is 12.2 Å². The molecule has 66 valence electrons. The predicted octanol–water partition coefficient (Wildman–Crippen LogP) is 0.999. The Labute approximate surface area is 69.6 Å². The van der Waals surface area contributed by atoms with E-state index in [1.54, 1.807) is 0 Å². The van der Waals surface area contributed by atoms with Crippen molar-refractivity contribution in [3.8, 4) is 11.5 Å². The summed E-state index contributed by atoms with van der Waals surface area (Å²) in [5.41, 5.74) is 5.57. The molecule has 0 unspecified atom stereocenters. The lowest BCUT2D eigenvalue weighted by atomic mass is 10.2. The molecule has 0 fully saturated rings. The predicted molar refractivity (Wildman–Crippen MR) is 42.5 cm³/mol. The minimum Gasteiger partial charge on any atom is -0.504 e. The quantitative estimate of drug-likeness (QED) is 0.697. The summed E-state index contributed by atoms with van der Waals surface area (Å²) < 4.78 is 17.6. The molecule has 0 aliphatic heterocycles. The molecule has 0 aliphatic carbocycles. The maximum absolute atomic E-state index is 12.9. The van der Waals surface area contributed by atoms with Crippen LogP contribution >= 0.6 is 0 Å². The lowest BCUT2D eigenvalue weighted by molar-refractivity contribution is 0.370. The molecule has 1 rings (SSSR count). The number of rotatable bonds is 2. The fourth-order valence-electron chi connectivity index (χ4n) is 0.905. The van der Waals surface area contributed by atoms with Crippen molar-refractivity contribution in [1.29, 1.82) is 0 Å². The third-order valence-electron chi connectivity index (χ3n) is 1.57. The Balaban J connectivity index is 3.18. The van der Waals surface area contributed by atoms with Crippen molar-refractivity contribution in [3.63, 3.8) is 0 Å². The van der Waals surface area contributed by atoms with Crippen LogP contribution in [-0.2, 0) is 6.54 Å². The van der Waals surface area contributed by atoms with Gasteiger partial charge in [-0.1, -0.05) is 0 Å². The maximum atomic E-state index is 12.9. The molecule has 0 atom stereocenters. The zero-order chi connectivity index (χ0) is 9.14. The first-order valence-electron chi connectivity index (χ1n) is 3.44. The zero-order valence-corrected chi connectivity index (χ0v) is 6.67. The second-order valence-electron chi connectivity index (χ2n) is 2.32. The van der Waals surface area contributed by atoms with Gasteiger partial charge in [-0.05, 0) is 6.07 Å². The minimum atomic E-state index is -0.518. The molecule has 4 heteroatoms. The van der Waals surface area contributed by atoms with Crippen LogP contribution in [0.15, 0.2) is 12.1 Å². The molecule has 0 heterocycles. The van der Waals surface area contributed by atoms with E-state index >= 15 is 0 Å². The van der Waals surface area contributed by atoms with Gasteiger partial charge in [0.15, 0.2) is 11.5 Å². The van der Waals surface area contributed by atoms with E-state index in [4.69, 9.17) is 15.6 Å². The van der Waals surface area contributed by atoms with E-state index in [0.717, 1.165) is 6.07 Å². The molecular formula is C8H10FNO2. The Morgan fingerprint density at radius 3 is 2.75 bits per heavy atom. The molecule has 0 amide bonds. The van der Waals surface area contributed by atoms with Crippen molar-refractivity contribution in [1.82, 2.24) is 0 Å². The summed E-state index contributed by atoms with van der Waals surface area (Å²) in [6.45, 7) is 0.0858. The molecule has 1 aromatic rings. The Kier molecular flexibility index (Phi) is 2.50. The first-order valence-corrected chi connectivity index (χ1v) is 3.44. The van der Waals surface area contributed by atoms with Gasteiger partial charge in [0.05, 0.1) is 7.11 Å². The molecule has 0 radical (unpaired) electrons. The normalized spacial score (nSPS) is 9.92. The number of hydrogen-bond acceptors (Lipinski definition) is 3. The van der Waals surface area contributed by atoms with Gasteiger partial charge >= 0.3 is 0 Å². The van der Waals surface area contributed by atoms with Gasteiger partial charge in [0.1, 0.15) is 5.82 Å². The van der Waals surface area contributed by atoms with E-state index in [9.17, 15) is 4.39 Å². The van der Waals surface area contributed by atoms with Gasteiger partial charge in [-0.3, -0.25) is 0 Å². The largest absolute Gasteiger partial charge is 0.504 e. The van der Waals surface area contributed by atoms with Gasteiger partial charge in [0.25, 0.3) is 0 Å². The summed E-state index contributed by atoms with van der Waals surface area (Å²) in [6, 6.07) is 2.37. The summed E-state index contributed by atoms with van der Waals surface area (Å²) in [4.78, 5) is 0. The number of halogens is 1. The highest BCUT2D eigenvalue weighted by Crippen LogP contribution is 2.28.